The summed E-state index contributed by atoms with van der Waals surface area (Å²) in [4.78, 5) is 30.9. The fourth-order valence-electron chi connectivity index (χ4n) is 1.25. The number of hydrogen-bond donors (Lipinski definition) is 2. The number of allylic oxidation sites excluding steroid dienone is 2. The van der Waals surface area contributed by atoms with E-state index in [0.717, 1.165) is 0 Å². The van der Waals surface area contributed by atoms with Crippen LogP contribution in [-0.4, -0.2) is 11.9 Å². The monoisotopic (exact) mass is 228 g/mol. The largest absolute Gasteiger partial charge is 0.373 e. The van der Waals surface area contributed by atoms with E-state index in [4.69, 9.17) is 11.8 Å². The highest BCUT2D eigenvalue weighted by Crippen LogP contribution is 2.19. The quantitative estimate of drug-likeness (QED) is 0.386. The lowest BCUT2D eigenvalue weighted by atomic mass is 9.95. The minimum Gasteiger partial charge on any atom is -0.373 e. The molecule has 0 spiro atoms. The van der Waals surface area contributed by atoms with Gasteiger partial charge in [-0.2, -0.15) is 11.8 Å². The van der Waals surface area contributed by atoms with Gasteiger partial charge in [-0.15, -0.1) is 6.58 Å². The maximum Gasteiger partial charge on any atom is 0.353 e. The van der Waals surface area contributed by atoms with Crippen LogP contribution in [0, 0.1) is 5.92 Å². The molecule has 0 aromatic heterocycles. The van der Waals surface area contributed by atoms with E-state index in [9.17, 15) is 9.59 Å². The smallest absolute Gasteiger partial charge is 0.353 e. The molecule has 1 unspecified atom stereocenters. The number of rotatable bonds is 6. The van der Waals surface area contributed by atoms with Crippen LogP contribution in [0.4, 0.5) is 0 Å². The maximum absolute atomic E-state index is 11.4. The van der Waals surface area contributed by atoms with E-state index in [1.807, 2.05) is 6.92 Å². The minimum absolute atomic E-state index is 0.125. The van der Waals surface area contributed by atoms with Crippen LogP contribution in [0.3, 0.4) is 0 Å². The third-order valence-electron chi connectivity index (χ3n) is 1.95. The molecule has 0 aromatic rings. The Hall–Kier alpha value is -1.66. The first-order valence-electron chi connectivity index (χ1n) is 4.74. The van der Waals surface area contributed by atoms with Gasteiger partial charge in [-0.3, -0.25) is 0 Å². The lowest BCUT2D eigenvalue weighted by Crippen LogP contribution is -2.27. The van der Waals surface area contributed by atoms with Crippen molar-refractivity contribution >= 4 is 11.9 Å². The molecule has 0 bridgehead atoms. The summed E-state index contributed by atoms with van der Waals surface area (Å²) >= 11 is 0. The second-order valence-electron chi connectivity index (χ2n) is 2.99. The van der Waals surface area contributed by atoms with Crippen LogP contribution in [0.1, 0.15) is 19.8 Å². The van der Waals surface area contributed by atoms with Crippen LogP contribution in [-0.2, 0) is 19.3 Å². The summed E-state index contributed by atoms with van der Waals surface area (Å²) in [5, 5.41) is 0. The van der Waals surface area contributed by atoms with Crippen LogP contribution in [0.15, 0.2) is 24.3 Å². The lowest BCUT2D eigenvalue weighted by Gasteiger charge is -2.13. The number of carbonyl (C=O) groups excluding carboxylic acids is 2. The van der Waals surface area contributed by atoms with E-state index in [2.05, 4.69) is 16.3 Å². The van der Waals surface area contributed by atoms with Gasteiger partial charge < -0.3 is 9.68 Å². The summed E-state index contributed by atoms with van der Waals surface area (Å²) in [7, 11) is 0. The molecule has 0 aromatic carbocycles. The van der Waals surface area contributed by atoms with E-state index in [1.54, 1.807) is 6.08 Å². The van der Waals surface area contributed by atoms with Crippen molar-refractivity contribution in [1.29, 1.82) is 0 Å². The highest BCUT2D eigenvalue weighted by molar-refractivity contribution is 5.95. The Balaban J connectivity index is 5.09. The van der Waals surface area contributed by atoms with Gasteiger partial charge in [0.25, 0.3) is 0 Å². The Morgan fingerprint density at radius 1 is 1.38 bits per heavy atom. The molecule has 0 aliphatic rings. The Morgan fingerprint density at radius 3 is 2.38 bits per heavy atom. The molecule has 16 heavy (non-hydrogen) atoms. The molecule has 0 saturated heterocycles. The number of nitrogens with two attached hydrogens (primary N) is 2. The summed E-state index contributed by atoms with van der Waals surface area (Å²) in [5.74, 6) is 7.22. The van der Waals surface area contributed by atoms with Crippen molar-refractivity contribution in [2.45, 2.75) is 19.8 Å². The molecule has 0 saturated carbocycles. The van der Waals surface area contributed by atoms with Crippen LogP contribution < -0.4 is 11.8 Å². The molecule has 0 aliphatic carbocycles. The molecular formula is C10H16N2O4. The summed E-state index contributed by atoms with van der Waals surface area (Å²) in [5.41, 5.74) is 0.125. The third-order valence-corrected chi connectivity index (χ3v) is 1.95. The zero-order valence-corrected chi connectivity index (χ0v) is 9.14. The molecule has 6 nitrogen and oxygen atoms in total. The molecule has 0 fully saturated rings. The van der Waals surface area contributed by atoms with E-state index >= 15 is 0 Å². The fraction of sp³-hybridized carbons (Fsp3) is 0.400. The molecule has 1 atom stereocenters. The van der Waals surface area contributed by atoms with Gasteiger partial charge in [-0.25, -0.2) is 9.59 Å². The molecule has 4 N–H and O–H groups in total. The first kappa shape index (κ1) is 14.3. The lowest BCUT2D eigenvalue weighted by molar-refractivity contribution is -0.151. The first-order valence-corrected chi connectivity index (χ1v) is 4.74. The standard InChI is InChI=1S/C10H16N2O4/c1-3-5-7(9(13)15-11)8(6-4-2)10(14)16-12/h3,6-7H,1,4-5,11-12H2,2H3. The van der Waals surface area contributed by atoms with Gasteiger partial charge in [0, 0.05) is 5.57 Å². The van der Waals surface area contributed by atoms with Gasteiger partial charge in [0.1, 0.15) is 0 Å². The third kappa shape index (κ3) is 3.84. The van der Waals surface area contributed by atoms with Gasteiger partial charge >= 0.3 is 11.9 Å². The Morgan fingerprint density at radius 2 is 2.00 bits per heavy atom. The van der Waals surface area contributed by atoms with Crippen LogP contribution in [0.2, 0.25) is 0 Å². The fourth-order valence-corrected chi connectivity index (χ4v) is 1.25. The minimum atomic E-state index is -0.835. The summed E-state index contributed by atoms with van der Waals surface area (Å²) < 4.78 is 0. The summed E-state index contributed by atoms with van der Waals surface area (Å²) in [6, 6.07) is 0. The zero-order chi connectivity index (χ0) is 12.6. The molecule has 90 valence electrons. The Labute approximate surface area is 93.8 Å². The SMILES string of the molecule is C=CCC(C(=O)ON)C(=CCC)C(=O)ON. The van der Waals surface area contributed by atoms with Crippen molar-refractivity contribution < 1.29 is 19.3 Å². The van der Waals surface area contributed by atoms with Crippen LogP contribution in [0.5, 0.6) is 0 Å². The molecule has 0 amide bonds. The Kier molecular flexibility index (Phi) is 6.82. The average Bonchev–Trinajstić information content (AvgIpc) is 2.31. The van der Waals surface area contributed by atoms with Crippen molar-refractivity contribution in [2.75, 3.05) is 0 Å². The summed E-state index contributed by atoms with van der Waals surface area (Å²) in [6.45, 7) is 5.29. The number of carbonyl (C=O) groups is 2. The molecule has 0 heterocycles. The van der Waals surface area contributed by atoms with Gasteiger partial charge in [0.2, 0.25) is 0 Å². The van der Waals surface area contributed by atoms with Crippen molar-refractivity contribution in [2.24, 2.45) is 17.7 Å². The highest BCUT2D eigenvalue weighted by atomic mass is 16.7. The predicted octanol–water partition coefficient (Wildman–Crippen LogP) is 0.349. The Bertz CT molecular complexity index is 299. The van der Waals surface area contributed by atoms with E-state index in [0.29, 0.717) is 6.42 Å². The number of hydrogen-bond acceptors (Lipinski definition) is 6. The van der Waals surface area contributed by atoms with Crippen molar-refractivity contribution in [3.8, 4) is 0 Å². The van der Waals surface area contributed by atoms with E-state index < -0.39 is 17.9 Å². The van der Waals surface area contributed by atoms with Gasteiger partial charge in [0.15, 0.2) is 0 Å². The van der Waals surface area contributed by atoms with Gasteiger partial charge in [0.05, 0.1) is 5.92 Å². The zero-order valence-electron chi connectivity index (χ0n) is 9.14. The normalized spacial score (nSPS) is 12.8. The predicted molar refractivity (Wildman–Crippen MR) is 57.2 cm³/mol. The maximum atomic E-state index is 11.4. The molecular weight excluding hydrogens is 212 g/mol. The summed E-state index contributed by atoms with van der Waals surface area (Å²) in [6.07, 6.45) is 3.79. The molecule has 6 heteroatoms. The second kappa shape index (κ2) is 7.61. The molecule has 0 rings (SSSR count). The van der Waals surface area contributed by atoms with Gasteiger partial charge in [-0.1, -0.05) is 19.1 Å². The van der Waals surface area contributed by atoms with Crippen LogP contribution in [0.25, 0.3) is 0 Å². The first-order chi connectivity index (χ1) is 7.62. The molecule has 0 aliphatic heterocycles. The van der Waals surface area contributed by atoms with E-state index in [-0.39, 0.29) is 12.0 Å². The average molecular weight is 228 g/mol. The molecule has 0 radical (unpaired) electrons. The highest BCUT2D eigenvalue weighted by Gasteiger charge is 2.28. The van der Waals surface area contributed by atoms with Gasteiger partial charge in [-0.05, 0) is 12.8 Å². The topological polar surface area (TPSA) is 105 Å². The van der Waals surface area contributed by atoms with Crippen molar-refractivity contribution in [1.82, 2.24) is 0 Å². The van der Waals surface area contributed by atoms with Crippen molar-refractivity contribution in [3.63, 3.8) is 0 Å². The van der Waals surface area contributed by atoms with E-state index in [1.165, 1.54) is 6.08 Å². The van der Waals surface area contributed by atoms with Crippen molar-refractivity contribution in [3.05, 3.63) is 24.3 Å². The van der Waals surface area contributed by atoms with Crippen LogP contribution >= 0.6 is 0 Å². The second-order valence-corrected chi connectivity index (χ2v) is 2.99.